The summed E-state index contributed by atoms with van der Waals surface area (Å²) < 4.78 is 6.48. The van der Waals surface area contributed by atoms with Crippen LogP contribution in [0.2, 0.25) is 0 Å². The molecule has 2 heteroatoms. The van der Waals surface area contributed by atoms with Crippen LogP contribution in [0.4, 0.5) is 0 Å². The molecule has 2 nitrogen and oxygen atoms in total. The van der Waals surface area contributed by atoms with E-state index in [0.717, 1.165) is 44.1 Å². The van der Waals surface area contributed by atoms with Crippen molar-refractivity contribution in [3.63, 3.8) is 0 Å². The Morgan fingerprint density at radius 2 is 1.46 bits per heavy atom. The van der Waals surface area contributed by atoms with E-state index >= 15 is 0 Å². The van der Waals surface area contributed by atoms with Gasteiger partial charge in [0.2, 0.25) is 0 Å². The number of para-hydroxylation sites is 2. The number of rotatable bonds is 2. The van der Waals surface area contributed by atoms with Gasteiger partial charge in [0.15, 0.2) is 0 Å². The number of hydrogen-bond acceptors (Lipinski definition) is 2. The molecule has 0 saturated heterocycles. The Kier molecular flexibility index (Phi) is 3.32. The van der Waals surface area contributed by atoms with Gasteiger partial charge in [0.1, 0.15) is 11.2 Å². The third kappa shape index (κ3) is 2.15. The van der Waals surface area contributed by atoms with Crippen LogP contribution in [0.25, 0.3) is 44.1 Å². The van der Waals surface area contributed by atoms with E-state index in [1.165, 1.54) is 5.56 Å². The summed E-state index contributed by atoms with van der Waals surface area (Å²) in [4.78, 5) is 5.01. The normalized spacial score (nSPS) is 11.8. The zero-order valence-electron chi connectivity index (χ0n) is 14.9. The van der Waals surface area contributed by atoms with Crippen molar-refractivity contribution in [3.05, 3.63) is 78.4 Å². The third-order valence-electron chi connectivity index (χ3n) is 5.03. The molecule has 3 aromatic carbocycles. The van der Waals surface area contributed by atoms with Crippen molar-refractivity contribution < 1.29 is 4.42 Å². The fourth-order valence-electron chi connectivity index (χ4n) is 3.76. The minimum absolute atomic E-state index is 0.402. The summed E-state index contributed by atoms with van der Waals surface area (Å²) >= 11 is 0. The maximum Gasteiger partial charge on any atom is 0.147 e. The molecule has 0 radical (unpaired) electrons. The number of hydrogen-bond donors (Lipinski definition) is 0. The van der Waals surface area contributed by atoms with Crippen molar-refractivity contribution in [1.29, 1.82) is 0 Å². The van der Waals surface area contributed by atoms with E-state index in [9.17, 15) is 0 Å². The van der Waals surface area contributed by atoms with Crippen LogP contribution in [0.5, 0.6) is 0 Å². The molecule has 0 amide bonds. The number of pyridine rings is 1. The fraction of sp³-hybridized carbons (Fsp3) is 0.125. The highest BCUT2D eigenvalue weighted by Gasteiger charge is 2.19. The van der Waals surface area contributed by atoms with E-state index in [2.05, 4.69) is 68.4 Å². The topological polar surface area (TPSA) is 26.0 Å². The molecule has 26 heavy (non-hydrogen) atoms. The number of fused-ring (bicyclic) bond motifs is 5. The van der Waals surface area contributed by atoms with E-state index in [-0.39, 0.29) is 0 Å². The minimum atomic E-state index is 0.402. The molecule has 126 valence electrons. The van der Waals surface area contributed by atoms with Crippen molar-refractivity contribution >= 4 is 32.8 Å². The van der Waals surface area contributed by atoms with E-state index in [0.29, 0.717) is 5.92 Å². The second-order valence-corrected chi connectivity index (χ2v) is 7.03. The zero-order chi connectivity index (χ0) is 17.7. The molecule has 0 aliphatic rings. The highest BCUT2D eigenvalue weighted by Crippen LogP contribution is 2.41. The summed E-state index contributed by atoms with van der Waals surface area (Å²) in [5, 5.41) is 3.31. The molecule has 0 aliphatic carbocycles. The number of furan rings is 1. The molecule has 0 aliphatic heterocycles. The molecule has 0 saturated carbocycles. The van der Waals surface area contributed by atoms with E-state index in [1.54, 1.807) is 0 Å². The molecule has 0 N–H and O–H groups in total. The predicted octanol–water partition coefficient (Wildman–Crippen LogP) is 6.92. The van der Waals surface area contributed by atoms with Gasteiger partial charge < -0.3 is 4.42 Å². The van der Waals surface area contributed by atoms with Crippen molar-refractivity contribution in [2.45, 2.75) is 19.8 Å². The van der Waals surface area contributed by atoms with Gasteiger partial charge in [0, 0.05) is 16.3 Å². The summed E-state index contributed by atoms with van der Waals surface area (Å²) in [6.07, 6.45) is 0. The highest BCUT2D eigenvalue weighted by atomic mass is 16.3. The largest absolute Gasteiger partial charge is 0.455 e. The lowest BCUT2D eigenvalue weighted by Gasteiger charge is -2.06. The van der Waals surface area contributed by atoms with Gasteiger partial charge in [-0.25, -0.2) is 4.98 Å². The van der Waals surface area contributed by atoms with Crippen molar-refractivity contribution in [3.8, 4) is 11.3 Å². The number of aromatic nitrogens is 1. The van der Waals surface area contributed by atoms with Gasteiger partial charge in [0.25, 0.3) is 0 Å². The smallest absolute Gasteiger partial charge is 0.147 e. The fourth-order valence-corrected chi connectivity index (χ4v) is 3.76. The first-order valence-corrected chi connectivity index (χ1v) is 9.03. The lowest BCUT2D eigenvalue weighted by atomic mass is 9.98. The predicted molar refractivity (Wildman–Crippen MR) is 109 cm³/mol. The second-order valence-electron chi connectivity index (χ2n) is 7.03. The first-order valence-electron chi connectivity index (χ1n) is 9.03. The first kappa shape index (κ1) is 15.2. The van der Waals surface area contributed by atoms with Crippen molar-refractivity contribution in [2.75, 3.05) is 0 Å². The van der Waals surface area contributed by atoms with Crippen LogP contribution in [0.1, 0.15) is 25.3 Å². The zero-order valence-corrected chi connectivity index (χ0v) is 14.9. The van der Waals surface area contributed by atoms with Gasteiger partial charge in [-0.15, -0.1) is 0 Å². The lowest BCUT2D eigenvalue weighted by Crippen LogP contribution is -1.88. The summed E-state index contributed by atoms with van der Waals surface area (Å²) in [5.41, 5.74) is 6.20. The van der Waals surface area contributed by atoms with Gasteiger partial charge in [-0.2, -0.15) is 0 Å². The van der Waals surface area contributed by atoms with Crippen molar-refractivity contribution in [2.24, 2.45) is 0 Å². The summed E-state index contributed by atoms with van der Waals surface area (Å²) in [7, 11) is 0. The van der Waals surface area contributed by atoms with E-state index in [4.69, 9.17) is 9.40 Å². The van der Waals surface area contributed by atoms with E-state index in [1.807, 2.05) is 18.2 Å². The lowest BCUT2D eigenvalue weighted by molar-refractivity contribution is 0.660. The van der Waals surface area contributed by atoms with Gasteiger partial charge >= 0.3 is 0 Å². The Morgan fingerprint density at radius 1 is 0.731 bits per heavy atom. The SMILES string of the molecule is CC(C)c1cccc2c1oc1c3ccccc3nc(-c3ccccc3)c21. The molecular formula is C24H19NO. The number of benzene rings is 3. The number of nitrogens with zero attached hydrogens (tertiary/aromatic N) is 1. The Balaban J connectivity index is 2.03. The average molecular weight is 337 g/mol. The maximum atomic E-state index is 6.48. The van der Waals surface area contributed by atoms with Crippen LogP contribution in [0, 0.1) is 0 Å². The molecule has 5 rings (SSSR count). The molecular weight excluding hydrogens is 318 g/mol. The van der Waals surface area contributed by atoms with Crippen LogP contribution in [-0.2, 0) is 0 Å². The van der Waals surface area contributed by atoms with Crippen LogP contribution in [0.15, 0.2) is 77.2 Å². The molecule has 0 unspecified atom stereocenters. The van der Waals surface area contributed by atoms with Gasteiger partial charge in [-0.05, 0) is 23.6 Å². The Morgan fingerprint density at radius 3 is 2.27 bits per heavy atom. The monoisotopic (exact) mass is 337 g/mol. The second kappa shape index (κ2) is 5.70. The Hall–Kier alpha value is -3.13. The van der Waals surface area contributed by atoms with Gasteiger partial charge in [-0.1, -0.05) is 74.5 Å². The maximum absolute atomic E-state index is 6.48. The van der Waals surface area contributed by atoms with Crippen molar-refractivity contribution in [1.82, 2.24) is 4.98 Å². The summed E-state index contributed by atoms with van der Waals surface area (Å²) in [6.45, 7) is 4.41. The molecule has 0 spiro atoms. The molecule has 0 atom stereocenters. The van der Waals surface area contributed by atoms with Crippen LogP contribution in [0.3, 0.4) is 0 Å². The van der Waals surface area contributed by atoms with Crippen LogP contribution >= 0.6 is 0 Å². The minimum Gasteiger partial charge on any atom is -0.455 e. The molecule has 0 bridgehead atoms. The Bertz CT molecular complexity index is 1250. The quantitative estimate of drug-likeness (QED) is 0.349. The first-order chi connectivity index (χ1) is 12.7. The third-order valence-corrected chi connectivity index (χ3v) is 5.03. The van der Waals surface area contributed by atoms with Crippen LogP contribution in [-0.4, -0.2) is 4.98 Å². The molecule has 0 fully saturated rings. The average Bonchev–Trinajstić information content (AvgIpc) is 3.08. The molecule has 2 heterocycles. The van der Waals surface area contributed by atoms with Gasteiger partial charge in [0.05, 0.1) is 16.6 Å². The van der Waals surface area contributed by atoms with Crippen LogP contribution < -0.4 is 0 Å². The summed E-state index contributed by atoms with van der Waals surface area (Å²) in [6, 6.07) is 25.0. The highest BCUT2D eigenvalue weighted by molar-refractivity contribution is 6.19. The molecule has 5 aromatic rings. The van der Waals surface area contributed by atoms with Gasteiger partial charge in [-0.3, -0.25) is 0 Å². The summed E-state index contributed by atoms with van der Waals surface area (Å²) in [5.74, 6) is 0.402. The standard InChI is InChI=1S/C24H19NO/c1-15(2)17-12-8-13-19-21-22(16-9-4-3-5-10-16)25-20-14-7-6-11-18(20)24(21)26-23(17)19/h3-15H,1-2H3. The van der Waals surface area contributed by atoms with E-state index < -0.39 is 0 Å². The Labute approximate surface area is 152 Å². The molecule has 2 aromatic heterocycles.